The number of aryl methyl sites for hydroxylation is 1. The van der Waals surface area contributed by atoms with Gasteiger partial charge in [-0.15, -0.1) is 0 Å². The SMILES string of the molecule is Cc1ncc2c3ccncc3n(C3CCCCC3)c2n1. The first kappa shape index (κ1) is 11.8. The Bertz CT molecular complexity index is 769. The Kier molecular flexibility index (Phi) is 2.69. The molecule has 0 N–H and O–H groups in total. The molecule has 4 heteroatoms. The van der Waals surface area contributed by atoms with E-state index < -0.39 is 0 Å². The van der Waals surface area contributed by atoms with Gasteiger partial charge in [-0.25, -0.2) is 9.97 Å². The van der Waals surface area contributed by atoms with Crippen molar-refractivity contribution in [1.29, 1.82) is 0 Å². The van der Waals surface area contributed by atoms with Crippen LogP contribution in [0.5, 0.6) is 0 Å². The molecule has 0 aliphatic heterocycles. The zero-order chi connectivity index (χ0) is 13.5. The van der Waals surface area contributed by atoms with Crippen LogP contribution >= 0.6 is 0 Å². The maximum absolute atomic E-state index is 4.71. The zero-order valence-electron chi connectivity index (χ0n) is 11.7. The van der Waals surface area contributed by atoms with E-state index in [1.807, 2.05) is 25.5 Å². The highest BCUT2D eigenvalue weighted by Gasteiger charge is 2.21. The number of hydrogen-bond acceptors (Lipinski definition) is 3. The third-order valence-corrected chi connectivity index (χ3v) is 4.41. The summed E-state index contributed by atoms with van der Waals surface area (Å²) in [5.41, 5.74) is 2.28. The van der Waals surface area contributed by atoms with E-state index in [1.54, 1.807) is 0 Å². The van der Waals surface area contributed by atoms with Crippen molar-refractivity contribution in [2.24, 2.45) is 0 Å². The zero-order valence-corrected chi connectivity index (χ0v) is 11.7. The van der Waals surface area contributed by atoms with Crippen molar-refractivity contribution in [3.63, 3.8) is 0 Å². The highest BCUT2D eigenvalue weighted by molar-refractivity contribution is 6.06. The van der Waals surface area contributed by atoms with Crippen molar-refractivity contribution in [3.05, 3.63) is 30.5 Å². The molecule has 20 heavy (non-hydrogen) atoms. The van der Waals surface area contributed by atoms with Crippen molar-refractivity contribution >= 4 is 21.9 Å². The molecule has 0 amide bonds. The number of hydrogen-bond donors (Lipinski definition) is 0. The molecule has 4 rings (SSSR count). The summed E-state index contributed by atoms with van der Waals surface area (Å²) in [6.45, 7) is 1.96. The molecule has 4 nitrogen and oxygen atoms in total. The Hall–Kier alpha value is -1.97. The molecule has 3 heterocycles. The summed E-state index contributed by atoms with van der Waals surface area (Å²) in [6.07, 6.45) is 12.3. The van der Waals surface area contributed by atoms with E-state index in [-0.39, 0.29) is 0 Å². The van der Waals surface area contributed by atoms with Gasteiger partial charge < -0.3 is 4.57 Å². The molecule has 0 spiro atoms. The molecule has 1 fully saturated rings. The van der Waals surface area contributed by atoms with Gasteiger partial charge in [0.15, 0.2) is 0 Å². The molecule has 1 aliphatic carbocycles. The number of pyridine rings is 1. The molecule has 0 unspecified atom stereocenters. The highest BCUT2D eigenvalue weighted by atomic mass is 15.1. The molecule has 1 saturated carbocycles. The molecule has 0 radical (unpaired) electrons. The molecule has 0 aromatic carbocycles. The molecule has 0 bridgehead atoms. The van der Waals surface area contributed by atoms with E-state index in [9.17, 15) is 0 Å². The van der Waals surface area contributed by atoms with Gasteiger partial charge in [-0.05, 0) is 25.8 Å². The predicted molar refractivity (Wildman–Crippen MR) is 79.7 cm³/mol. The minimum atomic E-state index is 0.558. The molecule has 3 aromatic heterocycles. The smallest absolute Gasteiger partial charge is 0.145 e. The second kappa shape index (κ2) is 4.54. The fourth-order valence-corrected chi connectivity index (χ4v) is 3.46. The monoisotopic (exact) mass is 266 g/mol. The van der Waals surface area contributed by atoms with Crippen LogP contribution in [0.25, 0.3) is 21.9 Å². The van der Waals surface area contributed by atoms with Gasteiger partial charge in [0, 0.05) is 29.2 Å². The molecular weight excluding hydrogens is 248 g/mol. The van der Waals surface area contributed by atoms with Crippen LogP contribution in [-0.2, 0) is 0 Å². The van der Waals surface area contributed by atoms with Gasteiger partial charge in [0.2, 0.25) is 0 Å². The van der Waals surface area contributed by atoms with E-state index in [1.165, 1.54) is 43.0 Å². The fourth-order valence-electron chi connectivity index (χ4n) is 3.46. The third-order valence-electron chi connectivity index (χ3n) is 4.41. The quantitative estimate of drug-likeness (QED) is 0.673. The average Bonchev–Trinajstić information content (AvgIpc) is 2.81. The maximum Gasteiger partial charge on any atom is 0.145 e. The van der Waals surface area contributed by atoms with E-state index in [0.717, 1.165) is 16.9 Å². The van der Waals surface area contributed by atoms with Gasteiger partial charge in [0.05, 0.1) is 11.7 Å². The van der Waals surface area contributed by atoms with Crippen LogP contribution in [-0.4, -0.2) is 19.5 Å². The topological polar surface area (TPSA) is 43.6 Å². The lowest BCUT2D eigenvalue weighted by Gasteiger charge is -2.24. The third kappa shape index (κ3) is 1.71. The Morgan fingerprint density at radius 2 is 1.95 bits per heavy atom. The molecular formula is C16H18N4. The van der Waals surface area contributed by atoms with Gasteiger partial charge in [-0.1, -0.05) is 19.3 Å². The first-order chi connectivity index (χ1) is 9.84. The lowest BCUT2D eigenvalue weighted by atomic mass is 9.95. The standard InChI is InChI=1S/C16H18N4/c1-11-18-9-14-13-7-8-17-10-15(13)20(16(14)19-11)12-5-3-2-4-6-12/h7-10,12H,2-6H2,1H3. The van der Waals surface area contributed by atoms with Crippen LogP contribution in [0.4, 0.5) is 0 Å². The van der Waals surface area contributed by atoms with Crippen molar-refractivity contribution in [1.82, 2.24) is 19.5 Å². The lowest BCUT2D eigenvalue weighted by Crippen LogP contribution is -2.13. The maximum atomic E-state index is 4.71. The van der Waals surface area contributed by atoms with Gasteiger partial charge in [-0.3, -0.25) is 4.98 Å². The predicted octanol–water partition coefficient (Wildman–Crippen LogP) is 3.79. The fraction of sp³-hybridized carbons (Fsp3) is 0.438. The molecule has 0 saturated heterocycles. The van der Waals surface area contributed by atoms with Crippen LogP contribution in [0, 0.1) is 6.92 Å². The number of fused-ring (bicyclic) bond motifs is 3. The van der Waals surface area contributed by atoms with Crippen molar-refractivity contribution < 1.29 is 0 Å². The molecule has 3 aromatic rings. The summed E-state index contributed by atoms with van der Waals surface area (Å²) < 4.78 is 2.41. The summed E-state index contributed by atoms with van der Waals surface area (Å²) in [6, 6.07) is 2.64. The molecule has 1 aliphatic rings. The summed E-state index contributed by atoms with van der Waals surface area (Å²) >= 11 is 0. The van der Waals surface area contributed by atoms with Crippen molar-refractivity contribution in [2.75, 3.05) is 0 Å². The van der Waals surface area contributed by atoms with Crippen LogP contribution in [0.3, 0.4) is 0 Å². The summed E-state index contributed by atoms with van der Waals surface area (Å²) in [5, 5.41) is 2.37. The minimum Gasteiger partial charge on any atom is -0.321 e. The second-order valence-electron chi connectivity index (χ2n) is 5.71. The Balaban J connectivity index is 2.05. The van der Waals surface area contributed by atoms with Gasteiger partial charge in [0.1, 0.15) is 11.5 Å². The lowest BCUT2D eigenvalue weighted by molar-refractivity contribution is 0.366. The summed E-state index contributed by atoms with van der Waals surface area (Å²) in [7, 11) is 0. The first-order valence-electron chi connectivity index (χ1n) is 7.42. The Labute approximate surface area is 117 Å². The normalized spacial score (nSPS) is 17.1. The minimum absolute atomic E-state index is 0.558. The van der Waals surface area contributed by atoms with Crippen LogP contribution in [0.1, 0.15) is 44.0 Å². The average molecular weight is 266 g/mol. The van der Waals surface area contributed by atoms with Crippen molar-refractivity contribution in [2.45, 2.75) is 45.1 Å². The van der Waals surface area contributed by atoms with E-state index in [0.29, 0.717) is 6.04 Å². The van der Waals surface area contributed by atoms with Crippen LogP contribution in [0.15, 0.2) is 24.7 Å². The van der Waals surface area contributed by atoms with Gasteiger partial charge >= 0.3 is 0 Å². The van der Waals surface area contributed by atoms with Crippen LogP contribution in [0.2, 0.25) is 0 Å². The van der Waals surface area contributed by atoms with E-state index in [4.69, 9.17) is 4.98 Å². The van der Waals surface area contributed by atoms with Crippen molar-refractivity contribution in [3.8, 4) is 0 Å². The van der Waals surface area contributed by atoms with E-state index in [2.05, 4.69) is 20.6 Å². The largest absolute Gasteiger partial charge is 0.321 e. The van der Waals surface area contributed by atoms with Crippen LogP contribution < -0.4 is 0 Å². The van der Waals surface area contributed by atoms with E-state index >= 15 is 0 Å². The number of aromatic nitrogens is 4. The Morgan fingerprint density at radius 1 is 1.10 bits per heavy atom. The van der Waals surface area contributed by atoms with Gasteiger partial charge in [-0.2, -0.15) is 0 Å². The number of nitrogens with zero attached hydrogens (tertiary/aromatic N) is 4. The van der Waals surface area contributed by atoms with Gasteiger partial charge in [0.25, 0.3) is 0 Å². The first-order valence-corrected chi connectivity index (χ1v) is 7.42. The molecule has 102 valence electrons. The Morgan fingerprint density at radius 3 is 2.80 bits per heavy atom. The summed E-state index contributed by atoms with van der Waals surface area (Å²) in [5.74, 6) is 0.838. The molecule has 0 atom stereocenters. The second-order valence-corrected chi connectivity index (χ2v) is 5.71. The highest BCUT2D eigenvalue weighted by Crippen LogP contribution is 2.36. The number of rotatable bonds is 1. The summed E-state index contributed by atoms with van der Waals surface area (Å²) in [4.78, 5) is 13.4.